The van der Waals surface area contributed by atoms with Crippen molar-refractivity contribution in [2.24, 2.45) is 10.9 Å². The summed E-state index contributed by atoms with van der Waals surface area (Å²) in [6.07, 6.45) is 2.77. The molecule has 0 bridgehead atoms. The molecule has 0 fully saturated rings. The van der Waals surface area contributed by atoms with Crippen LogP contribution in [0.2, 0.25) is 0 Å². The highest BCUT2D eigenvalue weighted by atomic mass is 16.5. The summed E-state index contributed by atoms with van der Waals surface area (Å²) in [6.45, 7) is 2.16. The molecule has 1 aromatic rings. The lowest BCUT2D eigenvalue weighted by molar-refractivity contribution is 0.368. The Kier molecular flexibility index (Phi) is 3.36. The molecule has 2 rings (SSSR count). The Hall–Kier alpha value is -1.51. The largest absolute Gasteiger partial charge is 0.504 e. The van der Waals surface area contributed by atoms with Crippen LogP contribution in [0.5, 0.6) is 11.5 Å². The zero-order chi connectivity index (χ0) is 12.4. The Balaban J connectivity index is 2.45. The van der Waals surface area contributed by atoms with Crippen molar-refractivity contribution < 1.29 is 9.84 Å². The molecule has 1 atom stereocenters. The molecule has 17 heavy (non-hydrogen) atoms. The lowest BCUT2D eigenvalue weighted by Crippen LogP contribution is -2.25. The van der Waals surface area contributed by atoms with Crippen LogP contribution in [0, 0.1) is 5.92 Å². The zero-order valence-electron chi connectivity index (χ0n) is 10.7. The minimum atomic E-state index is 0.304. The number of ether oxygens (including phenoxy) is 1. The molecule has 0 aromatic heterocycles. The zero-order valence-corrected chi connectivity index (χ0v) is 10.7. The quantitative estimate of drug-likeness (QED) is 0.853. The van der Waals surface area contributed by atoms with E-state index in [0.29, 0.717) is 17.4 Å². The summed E-state index contributed by atoms with van der Waals surface area (Å²) in [6, 6.07) is 3.86. The summed E-state index contributed by atoms with van der Waals surface area (Å²) in [7, 11) is 3.44. The number of nitrogens with zero attached hydrogens (tertiary/aromatic N) is 1. The number of rotatable bonds is 2. The first-order valence-corrected chi connectivity index (χ1v) is 6.04. The number of methoxy groups -OCH3 is 1. The summed E-state index contributed by atoms with van der Waals surface area (Å²) >= 11 is 0. The fourth-order valence-corrected chi connectivity index (χ4v) is 2.56. The van der Waals surface area contributed by atoms with E-state index in [0.717, 1.165) is 24.8 Å². The van der Waals surface area contributed by atoms with Gasteiger partial charge >= 0.3 is 0 Å². The van der Waals surface area contributed by atoms with E-state index in [-0.39, 0.29) is 0 Å². The number of aromatic hydroxyl groups is 1. The van der Waals surface area contributed by atoms with E-state index in [1.165, 1.54) is 11.3 Å². The SMILES string of the molecule is CCC1Cc2c(ccc(OC)c2O)CC1=NC. The molecule has 1 aliphatic carbocycles. The molecule has 0 aliphatic heterocycles. The molecule has 1 aliphatic rings. The number of phenols is 1. The van der Waals surface area contributed by atoms with Crippen LogP contribution in [-0.2, 0) is 12.8 Å². The van der Waals surface area contributed by atoms with Gasteiger partial charge in [-0.1, -0.05) is 13.0 Å². The molecule has 0 saturated heterocycles. The van der Waals surface area contributed by atoms with Gasteiger partial charge in [-0.05, 0) is 24.5 Å². The topological polar surface area (TPSA) is 41.8 Å². The molecule has 92 valence electrons. The summed E-state index contributed by atoms with van der Waals surface area (Å²) < 4.78 is 5.15. The first-order chi connectivity index (χ1) is 8.21. The highest BCUT2D eigenvalue weighted by molar-refractivity contribution is 5.91. The van der Waals surface area contributed by atoms with Gasteiger partial charge < -0.3 is 9.84 Å². The molecule has 3 nitrogen and oxygen atoms in total. The van der Waals surface area contributed by atoms with Crippen LogP contribution in [0.25, 0.3) is 0 Å². The lowest BCUT2D eigenvalue weighted by atomic mass is 9.80. The normalized spacial score (nSPS) is 21.4. The smallest absolute Gasteiger partial charge is 0.161 e. The third-order valence-corrected chi connectivity index (χ3v) is 3.64. The van der Waals surface area contributed by atoms with Crippen LogP contribution in [0.15, 0.2) is 17.1 Å². The maximum Gasteiger partial charge on any atom is 0.161 e. The van der Waals surface area contributed by atoms with Gasteiger partial charge in [0.2, 0.25) is 0 Å². The van der Waals surface area contributed by atoms with Crippen molar-refractivity contribution in [1.29, 1.82) is 0 Å². The Morgan fingerprint density at radius 1 is 1.47 bits per heavy atom. The average Bonchev–Trinajstić information content (AvgIpc) is 2.38. The number of aliphatic imine (C=N–C) groups is 1. The van der Waals surface area contributed by atoms with E-state index >= 15 is 0 Å². The van der Waals surface area contributed by atoms with Crippen molar-refractivity contribution >= 4 is 5.71 Å². The van der Waals surface area contributed by atoms with Crippen LogP contribution in [-0.4, -0.2) is 25.0 Å². The average molecular weight is 233 g/mol. The van der Waals surface area contributed by atoms with Crippen molar-refractivity contribution in [1.82, 2.24) is 0 Å². The van der Waals surface area contributed by atoms with Gasteiger partial charge in [-0.25, -0.2) is 0 Å². The Morgan fingerprint density at radius 2 is 2.24 bits per heavy atom. The van der Waals surface area contributed by atoms with Crippen molar-refractivity contribution in [3.05, 3.63) is 23.3 Å². The van der Waals surface area contributed by atoms with Crippen LogP contribution >= 0.6 is 0 Å². The summed E-state index contributed by atoms with van der Waals surface area (Å²) in [5.74, 6) is 1.32. The Morgan fingerprint density at radius 3 is 2.82 bits per heavy atom. The van der Waals surface area contributed by atoms with Crippen molar-refractivity contribution in [2.75, 3.05) is 14.2 Å². The molecule has 0 saturated carbocycles. The van der Waals surface area contributed by atoms with E-state index < -0.39 is 0 Å². The van der Waals surface area contributed by atoms with Crippen molar-refractivity contribution in [2.45, 2.75) is 26.2 Å². The number of phenolic OH excluding ortho intramolecular Hbond substituents is 1. The van der Waals surface area contributed by atoms with Gasteiger partial charge in [-0.15, -0.1) is 0 Å². The first-order valence-electron chi connectivity index (χ1n) is 6.04. The molecule has 1 N–H and O–H groups in total. The third-order valence-electron chi connectivity index (χ3n) is 3.64. The van der Waals surface area contributed by atoms with Gasteiger partial charge in [-0.3, -0.25) is 4.99 Å². The van der Waals surface area contributed by atoms with Crippen molar-refractivity contribution in [3.63, 3.8) is 0 Å². The molecular weight excluding hydrogens is 214 g/mol. The highest BCUT2D eigenvalue weighted by Gasteiger charge is 2.26. The second-order valence-corrected chi connectivity index (χ2v) is 4.46. The summed E-state index contributed by atoms with van der Waals surface area (Å²) in [4.78, 5) is 4.37. The fourth-order valence-electron chi connectivity index (χ4n) is 2.56. The van der Waals surface area contributed by atoms with Gasteiger partial charge in [-0.2, -0.15) is 0 Å². The van der Waals surface area contributed by atoms with E-state index in [1.54, 1.807) is 7.11 Å². The van der Waals surface area contributed by atoms with Crippen LogP contribution in [0.3, 0.4) is 0 Å². The van der Waals surface area contributed by atoms with Gasteiger partial charge in [0, 0.05) is 30.7 Å². The molecule has 0 spiro atoms. The second kappa shape index (κ2) is 4.78. The second-order valence-electron chi connectivity index (χ2n) is 4.46. The van der Waals surface area contributed by atoms with Gasteiger partial charge in [0.05, 0.1) is 7.11 Å². The maximum atomic E-state index is 10.1. The Bertz CT molecular complexity index is 452. The minimum absolute atomic E-state index is 0.304. The molecule has 1 aromatic carbocycles. The lowest BCUT2D eigenvalue weighted by Gasteiger charge is -2.26. The summed E-state index contributed by atoms with van der Waals surface area (Å²) in [5.41, 5.74) is 3.45. The maximum absolute atomic E-state index is 10.1. The highest BCUT2D eigenvalue weighted by Crippen LogP contribution is 2.37. The number of fused-ring (bicyclic) bond motifs is 1. The summed E-state index contributed by atoms with van der Waals surface area (Å²) in [5, 5.41) is 10.1. The minimum Gasteiger partial charge on any atom is -0.504 e. The molecule has 0 amide bonds. The van der Waals surface area contributed by atoms with Gasteiger partial charge in [0.1, 0.15) is 0 Å². The molecule has 0 radical (unpaired) electrons. The number of hydrogen-bond donors (Lipinski definition) is 1. The predicted octanol–water partition coefficient (Wildman–Crippen LogP) is 2.60. The predicted molar refractivity (Wildman–Crippen MR) is 69.2 cm³/mol. The fraction of sp³-hybridized carbons (Fsp3) is 0.500. The van der Waals surface area contributed by atoms with Crippen LogP contribution in [0.4, 0.5) is 0 Å². The van der Waals surface area contributed by atoms with Crippen LogP contribution < -0.4 is 4.74 Å². The number of benzene rings is 1. The van der Waals surface area contributed by atoms with Crippen molar-refractivity contribution in [3.8, 4) is 11.5 Å². The molecule has 1 unspecified atom stereocenters. The third kappa shape index (κ3) is 2.02. The van der Waals surface area contributed by atoms with Gasteiger partial charge in [0.25, 0.3) is 0 Å². The van der Waals surface area contributed by atoms with E-state index in [2.05, 4.69) is 11.9 Å². The number of hydrogen-bond acceptors (Lipinski definition) is 3. The monoisotopic (exact) mass is 233 g/mol. The van der Waals surface area contributed by atoms with Crippen LogP contribution in [0.1, 0.15) is 24.5 Å². The van der Waals surface area contributed by atoms with E-state index in [4.69, 9.17) is 4.74 Å². The standard InChI is InChI=1S/C14H19NO2/c1-4-9-7-11-10(8-12(9)15-2)5-6-13(17-3)14(11)16/h5-6,9,16H,4,7-8H2,1-3H3. The Labute approximate surface area is 102 Å². The molecule has 0 heterocycles. The van der Waals surface area contributed by atoms with E-state index in [1.807, 2.05) is 19.2 Å². The van der Waals surface area contributed by atoms with Gasteiger partial charge in [0.15, 0.2) is 11.5 Å². The molecule has 3 heteroatoms. The first kappa shape index (κ1) is 12.0. The molecular formula is C14H19NO2. The van der Waals surface area contributed by atoms with E-state index in [9.17, 15) is 5.11 Å².